The topological polar surface area (TPSA) is 40.6 Å². The van der Waals surface area contributed by atoms with E-state index in [4.69, 9.17) is 0 Å². The molecule has 1 fully saturated rings. The molecule has 4 nitrogen and oxygen atoms in total. The molecule has 1 rings (SSSR count). The quantitative estimate of drug-likeness (QED) is 0.708. The third-order valence-corrected chi connectivity index (χ3v) is 5.49. The van der Waals surface area contributed by atoms with Gasteiger partial charge in [0.2, 0.25) is 10.0 Å². The minimum absolute atomic E-state index is 0.294. The first-order chi connectivity index (χ1) is 6.76. The highest BCUT2D eigenvalue weighted by molar-refractivity contribution is 7.89. The van der Waals surface area contributed by atoms with Gasteiger partial charge in [0.05, 0.1) is 5.25 Å². The van der Waals surface area contributed by atoms with Gasteiger partial charge in [0, 0.05) is 25.2 Å². The summed E-state index contributed by atoms with van der Waals surface area (Å²) in [6.07, 6.45) is 0. The minimum Gasteiger partial charge on any atom is -0.298 e. The zero-order valence-corrected chi connectivity index (χ0v) is 11.1. The highest BCUT2D eigenvalue weighted by Gasteiger charge is 2.34. The number of hydrogen-bond acceptors (Lipinski definition) is 3. The average Bonchev–Trinajstić information content (AvgIpc) is 2.13. The molecular formula is C10H22N2O2S. The minimum atomic E-state index is -3.08. The van der Waals surface area contributed by atoms with Crippen LogP contribution in [-0.2, 0) is 10.0 Å². The SMILES string of the molecule is CC1CN(S(=O)(=O)C(C)C)CC(C)N1C. The first kappa shape index (κ1) is 12.9. The molecule has 1 aliphatic heterocycles. The van der Waals surface area contributed by atoms with Crippen LogP contribution < -0.4 is 0 Å². The Kier molecular flexibility index (Phi) is 3.79. The first-order valence-corrected chi connectivity index (χ1v) is 6.98. The van der Waals surface area contributed by atoms with Crippen molar-refractivity contribution in [2.75, 3.05) is 20.1 Å². The molecule has 0 spiro atoms. The third kappa shape index (κ3) is 2.52. The fourth-order valence-corrected chi connectivity index (χ4v) is 3.31. The molecule has 1 heterocycles. The van der Waals surface area contributed by atoms with E-state index in [1.807, 2.05) is 0 Å². The van der Waals surface area contributed by atoms with Crippen molar-refractivity contribution < 1.29 is 8.42 Å². The summed E-state index contributed by atoms with van der Waals surface area (Å²) in [5, 5.41) is -0.319. The normalized spacial score (nSPS) is 31.1. The van der Waals surface area contributed by atoms with Crippen molar-refractivity contribution in [2.24, 2.45) is 0 Å². The van der Waals surface area contributed by atoms with Crippen molar-refractivity contribution in [3.8, 4) is 0 Å². The highest BCUT2D eigenvalue weighted by Crippen LogP contribution is 2.18. The summed E-state index contributed by atoms with van der Waals surface area (Å²) in [5.41, 5.74) is 0. The molecule has 0 saturated carbocycles. The Morgan fingerprint density at radius 1 is 1.13 bits per heavy atom. The van der Waals surface area contributed by atoms with Crippen LogP contribution in [0.5, 0.6) is 0 Å². The highest BCUT2D eigenvalue weighted by atomic mass is 32.2. The van der Waals surface area contributed by atoms with Gasteiger partial charge >= 0.3 is 0 Å². The van der Waals surface area contributed by atoms with Gasteiger partial charge in [0.25, 0.3) is 0 Å². The molecule has 0 aromatic carbocycles. The zero-order valence-electron chi connectivity index (χ0n) is 10.3. The van der Waals surface area contributed by atoms with Crippen molar-refractivity contribution in [1.29, 1.82) is 0 Å². The van der Waals surface area contributed by atoms with E-state index >= 15 is 0 Å². The van der Waals surface area contributed by atoms with Gasteiger partial charge in [-0.1, -0.05) is 0 Å². The summed E-state index contributed by atoms with van der Waals surface area (Å²) in [5.74, 6) is 0. The Hall–Kier alpha value is -0.130. The Bertz CT molecular complexity index is 301. The lowest BCUT2D eigenvalue weighted by atomic mass is 10.1. The molecular weight excluding hydrogens is 212 g/mol. The van der Waals surface area contributed by atoms with Crippen molar-refractivity contribution in [3.05, 3.63) is 0 Å². The van der Waals surface area contributed by atoms with Gasteiger partial charge in [0.15, 0.2) is 0 Å². The van der Waals surface area contributed by atoms with Crippen molar-refractivity contribution in [2.45, 2.75) is 45.0 Å². The van der Waals surface area contributed by atoms with Crippen molar-refractivity contribution in [1.82, 2.24) is 9.21 Å². The van der Waals surface area contributed by atoms with Crippen LogP contribution in [-0.4, -0.2) is 55.1 Å². The molecule has 15 heavy (non-hydrogen) atoms. The Morgan fingerprint density at radius 3 is 1.87 bits per heavy atom. The summed E-state index contributed by atoms with van der Waals surface area (Å²) in [4.78, 5) is 2.23. The monoisotopic (exact) mass is 234 g/mol. The summed E-state index contributed by atoms with van der Waals surface area (Å²) >= 11 is 0. The second-order valence-electron chi connectivity index (χ2n) is 4.77. The standard InChI is InChI=1S/C10H22N2O2S/c1-8(2)15(13,14)12-6-9(3)11(5)10(4)7-12/h8-10H,6-7H2,1-5H3. The molecule has 2 atom stereocenters. The Morgan fingerprint density at radius 2 is 1.53 bits per heavy atom. The molecule has 0 radical (unpaired) electrons. The summed E-state index contributed by atoms with van der Waals surface area (Å²) in [6.45, 7) is 8.84. The lowest BCUT2D eigenvalue weighted by molar-refractivity contribution is 0.105. The Balaban J connectivity index is 2.83. The molecule has 1 saturated heterocycles. The first-order valence-electron chi connectivity index (χ1n) is 5.47. The molecule has 5 heteroatoms. The maximum atomic E-state index is 12.0. The molecule has 0 aliphatic carbocycles. The molecule has 0 aromatic rings. The maximum Gasteiger partial charge on any atom is 0.216 e. The number of sulfonamides is 1. The van der Waals surface area contributed by atoms with E-state index in [9.17, 15) is 8.42 Å². The lowest BCUT2D eigenvalue weighted by Gasteiger charge is -2.42. The van der Waals surface area contributed by atoms with E-state index in [-0.39, 0.29) is 5.25 Å². The van der Waals surface area contributed by atoms with Gasteiger partial charge < -0.3 is 0 Å². The average molecular weight is 234 g/mol. The number of hydrogen-bond donors (Lipinski definition) is 0. The number of nitrogens with zero attached hydrogens (tertiary/aromatic N) is 2. The van der Waals surface area contributed by atoms with Gasteiger partial charge in [0.1, 0.15) is 0 Å². The van der Waals surface area contributed by atoms with Crippen LogP contribution in [0.25, 0.3) is 0 Å². The van der Waals surface area contributed by atoms with E-state index in [0.717, 1.165) is 0 Å². The van der Waals surface area contributed by atoms with Crippen LogP contribution in [0.15, 0.2) is 0 Å². The van der Waals surface area contributed by atoms with Gasteiger partial charge in [-0.15, -0.1) is 0 Å². The number of piperazine rings is 1. The van der Waals surface area contributed by atoms with Gasteiger partial charge in [-0.2, -0.15) is 4.31 Å². The number of likely N-dealkylation sites (N-methyl/N-ethyl adjacent to an activating group) is 1. The number of rotatable bonds is 2. The molecule has 0 N–H and O–H groups in total. The largest absolute Gasteiger partial charge is 0.298 e. The summed E-state index contributed by atoms with van der Waals surface area (Å²) in [6, 6.07) is 0.588. The van der Waals surface area contributed by atoms with Crippen LogP contribution in [0.4, 0.5) is 0 Å². The van der Waals surface area contributed by atoms with Gasteiger partial charge in [-0.3, -0.25) is 4.90 Å². The van der Waals surface area contributed by atoms with Crippen LogP contribution in [0.3, 0.4) is 0 Å². The van der Waals surface area contributed by atoms with E-state index in [1.165, 1.54) is 0 Å². The fraction of sp³-hybridized carbons (Fsp3) is 1.00. The third-order valence-electron chi connectivity index (χ3n) is 3.28. The second-order valence-corrected chi connectivity index (χ2v) is 7.26. The van der Waals surface area contributed by atoms with Crippen LogP contribution in [0.1, 0.15) is 27.7 Å². The van der Waals surface area contributed by atoms with Gasteiger partial charge in [-0.05, 0) is 34.7 Å². The second kappa shape index (κ2) is 4.39. The summed E-state index contributed by atoms with van der Waals surface area (Å²) in [7, 11) is -1.03. The van der Waals surface area contributed by atoms with Crippen molar-refractivity contribution >= 4 is 10.0 Å². The zero-order chi connectivity index (χ0) is 11.8. The summed E-state index contributed by atoms with van der Waals surface area (Å²) < 4.78 is 25.6. The van der Waals surface area contributed by atoms with Gasteiger partial charge in [-0.25, -0.2) is 8.42 Å². The van der Waals surface area contributed by atoms with E-state index in [1.54, 1.807) is 18.2 Å². The van der Waals surface area contributed by atoms with E-state index in [2.05, 4.69) is 25.8 Å². The van der Waals surface area contributed by atoms with E-state index < -0.39 is 10.0 Å². The Labute approximate surface area is 93.3 Å². The molecule has 0 aromatic heterocycles. The lowest BCUT2D eigenvalue weighted by Crippen LogP contribution is -2.57. The predicted molar refractivity (Wildman–Crippen MR) is 62.3 cm³/mol. The van der Waals surface area contributed by atoms with Crippen LogP contribution in [0.2, 0.25) is 0 Å². The molecule has 1 aliphatic rings. The van der Waals surface area contributed by atoms with Crippen LogP contribution >= 0.6 is 0 Å². The molecule has 2 unspecified atom stereocenters. The maximum absolute atomic E-state index is 12.0. The fourth-order valence-electron chi connectivity index (χ4n) is 1.86. The predicted octanol–water partition coefficient (Wildman–Crippen LogP) is 0.749. The van der Waals surface area contributed by atoms with Crippen LogP contribution in [0, 0.1) is 0 Å². The van der Waals surface area contributed by atoms with E-state index in [0.29, 0.717) is 25.2 Å². The molecule has 0 amide bonds. The van der Waals surface area contributed by atoms with Crippen molar-refractivity contribution in [3.63, 3.8) is 0 Å². The molecule has 90 valence electrons. The molecule has 0 bridgehead atoms. The smallest absolute Gasteiger partial charge is 0.216 e.